The van der Waals surface area contributed by atoms with E-state index in [-0.39, 0.29) is 18.1 Å². The molecule has 1 aromatic rings. The van der Waals surface area contributed by atoms with E-state index in [0.717, 1.165) is 0 Å². The first-order valence-electron chi connectivity index (χ1n) is 4.42. The van der Waals surface area contributed by atoms with Crippen LogP contribution in [0.3, 0.4) is 0 Å². The molecular formula is C9H15N3O2. The number of hydrogen-bond acceptors (Lipinski definition) is 3. The van der Waals surface area contributed by atoms with Crippen LogP contribution in [-0.4, -0.2) is 21.3 Å². The van der Waals surface area contributed by atoms with Gasteiger partial charge in [-0.3, -0.25) is 14.3 Å². The third kappa shape index (κ3) is 4.04. The molecule has 1 heterocycles. The van der Waals surface area contributed by atoms with Crippen molar-refractivity contribution in [2.75, 3.05) is 0 Å². The van der Waals surface area contributed by atoms with Crippen molar-refractivity contribution in [2.45, 2.75) is 32.9 Å². The first-order valence-corrected chi connectivity index (χ1v) is 4.42. The zero-order valence-electron chi connectivity index (χ0n) is 8.65. The van der Waals surface area contributed by atoms with E-state index in [0.29, 0.717) is 0 Å². The molecule has 1 amide bonds. The molecule has 1 N–H and O–H groups in total. The third-order valence-electron chi connectivity index (χ3n) is 1.34. The van der Waals surface area contributed by atoms with Crippen LogP contribution in [0.25, 0.3) is 0 Å². The average Bonchev–Trinajstić information content (AvgIpc) is 2.52. The van der Waals surface area contributed by atoms with Gasteiger partial charge in [0.1, 0.15) is 6.54 Å². The third-order valence-corrected chi connectivity index (χ3v) is 1.34. The van der Waals surface area contributed by atoms with Crippen molar-refractivity contribution in [1.82, 2.24) is 15.3 Å². The van der Waals surface area contributed by atoms with Gasteiger partial charge in [-0.15, -0.1) is 0 Å². The van der Waals surface area contributed by atoms with Crippen LogP contribution in [0.4, 0.5) is 0 Å². The summed E-state index contributed by atoms with van der Waals surface area (Å²) in [6, 6.07) is 1.76. The van der Waals surface area contributed by atoms with Crippen molar-refractivity contribution >= 4 is 5.91 Å². The number of hydroxylamine groups is 1. The van der Waals surface area contributed by atoms with Crippen molar-refractivity contribution in [3.8, 4) is 0 Å². The molecule has 0 aromatic carbocycles. The van der Waals surface area contributed by atoms with Crippen LogP contribution in [0.15, 0.2) is 18.5 Å². The standard InChI is InChI=1S/C9H15N3O2/c1-9(2,3)14-11-8(13)7-12-6-4-5-10-12/h4-6H,7H2,1-3H3,(H,11,13). The highest BCUT2D eigenvalue weighted by Gasteiger charge is 2.12. The molecule has 78 valence electrons. The fourth-order valence-electron chi connectivity index (χ4n) is 0.783. The number of rotatable bonds is 3. The Morgan fingerprint density at radius 1 is 1.57 bits per heavy atom. The lowest BCUT2D eigenvalue weighted by Gasteiger charge is -2.18. The molecule has 0 radical (unpaired) electrons. The molecule has 0 spiro atoms. The molecule has 5 heteroatoms. The molecule has 0 aliphatic heterocycles. The van der Waals surface area contributed by atoms with Gasteiger partial charge in [0.2, 0.25) is 0 Å². The number of hydrogen-bond donors (Lipinski definition) is 1. The van der Waals surface area contributed by atoms with Crippen LogP contribution >= 0.6 is 0 Å². The summed E-state index contributed by atoms with van der Waals surface area (Å²) in [5.41, 5.74) is 1.99. The van der Waals surface area contributed by atoms with E-state index in [9.17, 15) is 4.79 Å². The summed E-state index contributed by atoms with van der Waals surface area (Å²) in [6.07, 6.45) is 3.34. The van der Waals surface area contributed by atoms with Crippen LogP contribution in [-0.2, 0) is 16.2 Å². The van der Waals surface area contributed by atoms with Crippen molar-refractivity contribution < 1.29 is 9.63 Å². The Balaban J connectivity index is 2.30. The minimum Gasteiger partial charge on any atom is -0.271 e. The number of aromatic nitrogens is 2. The maximum absolute atomic E-state index is 11.3. The molecule has 0 saturated carbocycles. The van der Waals surface area contributed by atoms with Gasteiger partial charge >= 0.3 is 0 Å². The Hall–Kier alpha value is -1.36. The predicted octanol–water partition coefficient (Wildman–Crippen LogP) is 0.729. The summed E-state index contributed by atoms with van der Waals surface area (Å²) >= 11 is 0. The van der Waals surface area contributed by atoms with E-state index in [1.165, 1.54) is 4.68 Å². The minimum absolute atomic E-state index is 0.170. The Morgan fingerprint density at radius 3 is 2.79 bits per heavy atom. The zero-order valence-corrected chi connectivity index (χ0v) is 8.65. The van der Waals surface area contributed by atoms with E-state index in [1.54, 1.807) is 18.5 Å². The Kier molecular flexibility index (Phi) is 3.24. The molecule has 1 aromatic heterocycles. The van der Waals surface area contributed by atoms with Gasteiger partial charge in [0, 0.05) is 12.4 Å². The highest BCUT2D eigenvalue weighted by Crippen LogP contribution is 2.03. The molecule has 0 fully saturated rings. The molecule has 0 aliphatic carbocycles. The van der Waals surface area contributed by atoms with E-state index in [4.69, 9.17) is 4.84 Å². The van der Waals surface area contributed by atoms with Crippen LogP contribution < -0.4 is 5.48 Å². The summed E-state index contributed by atoms with van der Waals surface area (Å²) < 4.78 is 1.53. The van der Waals surface area contributed by atoms with E-state index >= 15 is 0 Å². The van der Waals surface area contributed by atoms with Crippen LogP contribution in [0.2, 0.25) is 0 Å². The molecule has 0 saturated heterocycles. The largest absolute Gasteiger partial charge is 0.271 e. The van der Waals surface area contributed by atoms with Gasteiger partial charge in [0.15, 0.2) is 0 Å². The second kappa shape index (κ2) is 4.23. The number of nitrogens with zero attached hydrogens (tertiary/aromatic N) is 2. The molecule has 1 rings (SSSR count). The van der Waals surface area contributed by atoms with Crippen LogP contribution in [0, 0.1) is 0 Å². The number of carbonyl (C=O) groups is 1. The first kappa shape index (κ1) is 10.7. The zero-order chi connectivity index (χ0) is 10.6. The van der Waals surface area contributed by atoms with Crippen molar-refractivity contribution in [2.24, 2.45) is 0 Å². The highest BCUT2D eigenvalue weighted by molar-refractivity contribution is 5.74. The van der Waals surface area contributed by atoms with Gasteiger partial charge in [-0.25, -0.2) is 5.48 Å². The molecule has 0 atom stereocenters. The average molecular weight is 197 g/mol. The lowest BCUT2D eigenvalue weighted by atomic mass is 10.2. The lowest BCUT2D eigenvalue weighted by molar-refractivity contribution is -0.146. The molecule has 0 unspecified atom stereocenters. The smallest absolute Gasteiger partial charge is 0.265 e. The van der Waals surface area contributed by atoms with Crippen molar-refractivity contribution in [3.63, 3.8) is 0 Å². The molecular weight excluding hydrogens is 182 g/mol. The van der Waals surface area contributed by atoms with Gasteiger partial charge in [-0.1, -0.05) is 0 Å². The number of carbonyl (C=O) groups excluding carboxylic acids is 1. The van der Waals surface area contributed by atoms with Gasteiger partial charge in [0.25, 0.3) is 5.91 Å². The number of nitrogens with one attached hydrogen (secondary N) is 1. The first-order chi connectivity index (χ1) is 6.47. The van der Waals surface area contributed by atoms with Gasteiger partial charge < -0.3 is 0 Å². The fourth-order valence-corrected chi connectivity index (χ4v) is 0.783. The van der Waals surface area contributed by atoms with Crippen LogP contribution in [0.5, 0.6) is 0 Å². The van der Waals surface area contributed by atoms with Gasteiger partial charge in [-0.05, 0) is 26.8 Å². The highest BCUT2D eigenvalue weighted by atomic mass is 16.7. The van der Waals surface area contributed by atoms with E-state index in [2.05, 4.69) is 10.6 Å². The normalized spacial score (nSPS) is 11.4. The Labute approximate surface area is 83.0 Å². The SMILES string of the molecule is CC(C)(C)ONC(=O)Cn1cccn1. The maximum Gasteiger partial charge on any atom is 0.265 e. The minimum atomic E-state index is -0.375. The molecule has 5 nitrogen and oxygen atoms in total. The Bertz CT molecular complexity index is 288. The van der Waals surface area contributed by atoms with Crippen molar-refractivity contribution in [1.29, 1.82) is 0 Å². The fraction of sp³-hybridized carbons (Fsp3) is 0.556. The molecule has 0 aliphatic rings. The van der Waals surface area contributed by atoms with E-state index < -0.39 is 0 Å². The molecule has 0 bridgehead atoms. The summed E-state index contributed by atoms with van der Waals surface area (Å²) in [7, 11) is 0. The number of amides is 1. The topological polar surface area (TPSA) is 56.1 Å². The lowest BCUT2D eigenvalue weighted by Crippen LogP contribution is -2.35. The second-order valence-corrected chi connectivity index (χ2v) is 3.94. The van der Waals surface area contributed by atoms with Crippen molar-refractivity contribution in [3.05, 3.63) is 18.5 Å². The second-order valence-electron chi connectivity index (χ2n) is 3.94. The maximum atomic E-state index is 11.3. The summed E-state index contributed by atoms with van der Waals surface area (Å²) in [5.74, 6) is -0.219. The predicted molar refractivity (Wildman–Crippen MR) is 51.2 cm³/mol. The quantitative estimate of drug-likeness (QED) is 0.727. The van der Waals surface area contributed by atoms with Gasteiger partial charge in [0.05, 0.1) is 5.60 Å². The summed E-state index contributed by atoms with van der Waals surface area (Å²) in [6.45, 7) is 5.76. The summed E-state index contributed by atoms with van der Waals surface area (Å²) in [5, 5.41) is 3.90. The van der Waals surface area contributed by atoms with E-state index in [1.807, 2.05) is 20.8 Å². The Morgan fingerprint density at radius 2 is 2.29 bits per heavy atom. The van der Waals surface area contributed by atoms with Gasteiger partial charge in [-0.2, -0.15) is 5.10 Å². The summed E-state index contributed by atoms with van der Waals surface area (Å²) in [4.78, 5) is 16.4. The molecule has 14 heavy (non-hydrogen) atoms. The monoisotopic (exact) mass is 197 g/mol. The van der Waals surface area contributed by atoms with Crippen LogP contribution in [0.1, 0.15) is 20.8 Å².